The summed E-state index contributed by atoms with van der Waals surface area (Å²) in [6, 6.07) is 0. The second-order valence-electron chi connectivity index (χ2n) is 3.54. The molecule has 90 valence electrons. The van der Waals surface area contributed by atoms with E-state index in [4.69, 9.17) is 0 Å². The minimum absolute atomic E-state index is 0.0608. The molecule has 0 saturated heterocycles. The van der Waals surface area contributed by atoms with Crippen molar-refractivity contribution in [3.05, 3.63) is 24.3 Å². The second kappa shape index (κ2) is 8.65. The molecule has 0 saturated carbocycles. The van der Waals surface area contributed by atoms with Crippen LogP contribution in [0.2, 0.25) is 0 Å². The van der Waals surface area contributed by atoms with Gasteiger partial charge in [-0.15, -0.1) is 0 Å². The van der Waals surface area contributed by atoms with Crippen LogP contribution < -0.4 is 0 Å². The lowest BCUT2D eigenvalue weighted by Crippen LogP contribution is -1.96. The Kier molecular flexibility index (Phi) is 8.39. The molecule has 0 N–H and O–H groups in total. The normalized spacial score (nSPS) is 9.88. The molecule has 0 bridgehead atoms. The molecule has 2 nitrogen and oxygen atoms in total. The van der Waals surface area contributed by atoms with Crippen LogP contribution in [0, 0.1) is 0 Å². The van der Waals surface area contributed by atoms with E-state index in [9.17, 15) is 9.59 Å². The summed E-state index contributed by atoms with van der Waals surface area (Å²) in [6.45, 7) is 10.6. The maximum absolute atomic E-state index is 11.2. The Balaban J connectivity index is 3.41. The van der Waals surface area contributed by atoms with Gasteiger partial charge in [0.2, 0.25) is 10.2 Å². The van der Waals surface area contributed by atoms with Crippen molar-refractivity contribution in [3.8, 4) is 0 Å². The van der Waals surface area contributed by atoms with Gasteiger partial charge in [-0.2, -0.15) is 0 Å². The van der Waals surface area contributed by atoms with Crippen LogP contribution in [-0.4, -0.2) is 21.7 Å². The van der Waals surface area contributed by atoms with Crippen LogP contribution >= 0.6 is 23.5 Å². The largest absolute Gasteiger partial charge is 0.282 e. The van der Waals surface area contributed by atoms with E-state index in [1.54, 1.807) is 13.8 Å². The zero-order valence-corrected chi connectivity index (χ0v) is 11.5. The van der Waals surface area contributed by atoms with E-state index in [1.807, 2.05) is 0 Å². The van der Waals surface area contributed by atoms with E-state index >= 15 is 0 Å². The third kappa shape index (κ3) is 7.77. The molecule has 0 unspecified atom stereocenters. The molecule has 16 heavy (non-hydrogen) atoms. The number of rotatable bonds is 7. The molecule has 0 aromatic carbocycles. The maximum atomic E-state index is 11.2. The van der Waals surface area contributed by atoms with Crippen LogP contribution in [0.3, 0.4) is 0 Å². The molecular formula is C12H18O2S2. The molecule has 4 heteroatoms. The van der Waals surface area contributed by atoms with Crippen molar-refractivity contribution in [1.29, 1.82) is 0 Å². The van der Waals surface area contributed by atoms with Crippen molar-refractivity contribution >= 4 is 33.8 Å². The quantitative estimate of drug-likeness (QED) is 0.517. The number of carbonyl (C=O) groups is 2. The Morgan fingerprint density at radius 3 is 1.44 bits per heavy atom. The van der Waals surface area contributed by atoms with E-state index < -0.39 is 0 Å². The number of carbonyl (C=O) groups excluding carboxylic acids is 2. The van der Waals surface area contributed by atoms with Crippen molar-refractivity contribution in [2.75, 3.05) is 11.5 Å². The molecule has 0 amide bonds. The summed E-state index contributed by atoms with van der Waals surface area (Å²) in [5, 5.41) is 0.122. The highest BCUT2D eigenvalue weighted by atomic mass is 32.2. The van der Waals surface area contributed by atoms with Crippen LogP contribution in [0.1, 0.15) is 26.7 Å². The van der Waals surface area contributed by atoms with Crippen molar-refractivity contribution in [3.63, 3.8) is 0 Å². The minimum Gasteiger partial charge on any atom is -0.282 e. The average molecular weight is 258 g/mol. The van der Waals surface area contributed by atoms with Gasteiger partial charge in [-0.3, -0.25) is 9.59 Å². The first kappa shape index (κ1) is 15.5. The van der Waals surface area contributed by atoms with E-state index in [1.165, 1.54) is 23.5 Å². The molecule has 0 aliphatic heterocycles. The SMILES string of the molecule is C=C(C)C(=O)SCCCCSC(=O)C(=C)C. The van der Waals surface area contributed by atoms with Crippen molar-refractivity contribution in [2.24, 2.45) is 0 Å². The Hall–Kier alpha value is -0.480. The van der Waals surface area contributed by atoms with E-state index in [2.05, 4.69) is 13.2 Å². The van der Waals surface area contributed by atoms with Crippen molar-refractivity contribution in [1.82, 2.24) is 0 Å². The summed E-state index contributed by atoms with van der Waals surface area (Å²) in [5.74, 6) is 1.60. The maximum Gasteiger partial charge on any atom is 0.214 e. The van der Waals surface area contributed by atoms with Crippen LogP contribution in [0.15, 0.2) is 24.3 Å². The molecule has 0 aromatic rings. The molecule has 0 radical (unpaired) electrons. The fourth-order valence-electron chi connectivity index (χ4n) is 0.780. The Labute approximate surface area is 106 Å². The lowest BCUT2D eigenvalue weighted by atomic mass is 10.4. The Bertz CT molecular complexity index is 265. The smallest absolute Gasteiger partial charge is 0.214 e. The third-order valence-electron chi connectivity index (χ3n) is 1.70. The van der Waals surface area contributed by atoms with E-state index in [-0.39, 0.29) is 10.2 Å². The molecule has 0 aromatic heterocycles. The van der Waals surface area contributed by atoms with Gasteiger partial charge in [0.05, 0.1) is 0 Å². The van der Waals surface area contributed by atoms with E-state index in [0.29, 0.717) is 11.1 Å². The molecule has 0 aliphatic carbocycles. The fourth-order valence-corrected chi connectivity index (χ4v) is 2.34. The van der Waals surface area contributed by atoms with Crippen LogP contribution in [0.4, 0.5) is 0 Å². The molecule has 0 fully saturated rings. The molecule has 0 rings (SSSR count). The zero-order chi connectivity index (χ0) is 12.6. The summed E-state index contributed by atoms with van der Waals surface area (Å²) in [4.78, 5) is 22.3. The first-order chi connectivity index (χ1) is 7.45. The van der Waals surface area contributed by atoms with Gasteiger partial charge in [-0.05, 0) is 37.8 Å². The van der Waals surface area contributed by atoms with Gasteiger partial charge < -0.3 is 0 Å². The molecular weight excluding hydrogens is 240 g/mol. The molecule has 0 heterocycles. The van der Waals surface area contributed by atoms with Gasteiger partial charge in [-0.1, -0.05) is 36.7 Å². The van der Waals surface area contributed by atoms with Gasteiger partial charge in [0.15, 0.2) is 0 Å². The molecule has 0 spiro atoms. The van der Waals surface area contributed by atoms with Crippen LogP contribution in [-0.2, 0) is 9.59 Å². The molecule has 0 aliphatic rings. The minimum atomic E-state index is 0.0608. The van der Waals surface area contributed by atoms with Crippen molar-refractivity contribution in [2.45, 2.75) is 26.7 Å². The summed E-state index contributed by atoms with van der Waals surface area (Å²) >= 11 is 2.60. The number of thioether (sulfide) groups is 2. The van der Waals surface area contributed by atoms with Gasteiger partial charge in [-0.25, -0.2) is 0 Å². The fraction of sp³-hybridized carbons (Fsp3) is 0.500. The highest BCUT2D eigenvalue weighted by Gasteiger charge is 2.04. The zero-order valence-electron chi connectivity index (χ0n) is 9.88. The predicted molar refractivity (Wildman–Crippen MR) is 73.8 cm³/mol. The first-order valence-electron chi connectivity index (χ1n) is 5.10. The van der Waals surface area contributed by atoms with Crippen LogP contribution in [0.5, 0.6) is 0 Å². The van der Waals surface area contributed by atoms with Gasteiger partial charge in [0.1, 0.15) is 0 Å². The predicted octanol–water partition coefficient (Wildman–Crippen LogP) is 3.44. The summed E-state index contributed by atoms with van der Waals surface area (Å²) in [5.41, 5.74) is 1.19. The lowest BCUT2D eigenvalue weighted by molar-refractivity contribution is -0.108. The van der Waals surface area contributed by atoms with Gasteiger partial charge in [0, 0.05) is 11.5 Å². The topological polar surface area (TPSA) is 34.1 Å². The number of hydrogen-bond acceptors (Lipinski definition) is 4. The summed E-state index contributed by atoms with van der Waals surface area (Å²) in [7, 11) is 0. The Morgan fingerprint density at radius 2 is 1.19 bits per heavy atom. The standard InChI is InChI=1S/C12H18O2S2/c1-9(2)11(13)15-7-5-6-8-16-12(14)10(3)4/h1,3,5-8H2,2,4H3. The first-order valence-corrected chi connectivity index (χ1v) is 7.07. The third-order valence-corrected chi connectivity index (χ3v) is 3.91. The monoisotopic (exact) mass is 258 g/mol. The summed E-state index contributed by atoms with van der Waals surface area (Å²) < 4.78 is 0. The Morgan fingerprint density at radius 1 is 0.875 bits per heavy atom. The molecule has 0 atom stereocenters. The second-order valence-corrected chi connectivity index (χ2v) is 5.68. The number of unbranched alkanes of at least 4 members (excludes halogenated alkanes) is 1. The van der Waals surface area contributed by atoms with Crippen molar-refractivity contribution < 1.29 is 9.59 Å². The lowest BCUT2D eigenvalue weighted by Gasteiger charge is -2.01. The van der Waals surface area contributed by atoms with Gasteiger partial charge in [0.25, 0.3) is 0 Å². The highest BCUT2D eigenvalue weighted by molar-refractivity contribution is 8.14. The van der Waals surface area contributed by atoms with E-state index in [0.717, 1.165) is 24.3 Å². The highest BCUT2D eigenvalue weighted by Crippen LogP contribution is 2.14. The van der Waals surface area contributed by atoms with Crippen LogP contribution in [0.25, 0.3) is 0 Å². The summed E-state index contributed by atoms with van der Waals surface area (Å²) in [6.07, 6.45) is 1.89. The number of hydrogen-bond donors (Lipinski definition) is 0. The average Bonchev–Trinajstić information content (AvgIpc) is 2.21. The van der Waals surface area contributed by atoms with Gasteiger partial charge >= 0.3 is 0 Å².